The van der Waals surface area contributed by atoms with Crippen molar-refractivity contribution >= 4 is 40.2 Å². The molecule has 0 spiro atoms. The van der Waals surface area contributed by atoms with Crippen molar-refractivity contribution in [2.45, 2.75) is 6.92 Å². The maximum Gasteiger partial charge on any atom is 0.266 e. The number of benzene rings is 2. The Kier molecular flexibility index (Phi) is 5.15. The van der Waals surface area contributed by atoms with Crippen LogP contribution in [-0.2, 0) is 4.79 Å². The minimum Gasteiger partial charge on any atom is -0.319 e. The van der Waals surface area contributed by atoms with Gasteiger partial charge in [-0.1, -0.05) is 23.7 Å². The Labute approximate surface area is 158 Å². The molecule has 0 radical (unpaired) electrons. The van der Waals surface area contributed by atoms with E-state index < -0.39 is 17.5 Å². The van der Waals surface area contributed by atoms with Gasteiger partial charge in [0.15, 0.2) is 0 Å². The van der Waals surface area contributed by atoms with Gasteiger partial charge in [0.2, 0.25) is 0 Å². The molecule has 3 rings (SSSR count). The van der Waals surface area contributed by atoms with Crippen molar-refractivity contribution in [3.63, 3.8) is 0 Å². The Hall–Kier alpha value is -3.30. The SMILES string of the molecule is Cc1ccc2cc(/C=C(\C#N)C(=O)Nc3ccc(F)cc3F)c(Cl)nc2c1. The summed E-state index contributed by atoms with van der Waals surface area (Å²) in [4.78, 5) is 16.5. The summed E-state index contributed by atoms with van der Waals surface area (Å²) in [5.74, 6) is -2.56. The monoisotopic (exact) mass is 383 g/mol. The zero-order valence-corrected chi connectivity index (χ0v) is 14.8. The summed E-state index contributed by atoms with van der Waals surface area (Å²) in [5, 5.41) is 12.4. The van der Waals surface area contributed by atoms with E-state index in [0.29, 0.717) is 17.1 Å². The van der Waals surface area contributed by atoms with Gasteiger partial charge in [0.25, 0.3) is 5.91 Å². The number of rotatable bonds is 3. The average molecular weight is 384 g/mol. The number of halogens is 3. The summed E-state index contributed by atoms with van der Waals surface area (Å²) in [6, 6.07) is 11.8. The van der Waals surface area contributed by atoms with E-state index in [1.165, 1.54) is 6.08 Å². The van der Waals surface area contributed by atoms with Crippen LogP contribution in [0.15, 0.2) is 48.0 Å². The van der Waals surface area contributed by atoms with Crippen LogP contribution in [0.2, 0.25) is 5.15 Å². The predicted octanol–water partition coefficient (Wildman–Crippen LogP) is 5.02. The number of carbonyl (C=O) groups excluding carboxylic acids is 1. The zero-order chi connectivity index (χ0) is 19.6. The topological polar surface area (TPSA) is 65.8 Å². The second-order valence-corrected chi connectivity index (χ2v) is 6.17. The largest absolute Gasteiger partial charge is 0.319 e. The van der Waals surface area contributed by atoms with E-state index in [1.54, 1.807) is 12.1 Å². The molecule has 0 aliphatic carbocycles. The van der Waals surface area contributed by atoms with Gasteiger partial charge < -0.3 is 5.32 Å². The quantitative estimate of drug-likeness (QED) is 0.392. The standard InChI is InChI=1S/C20H12ClF2N3O/c1-11-2-3-12-7-13(19(21)25-18(12)6-11)8-14(10-24)20(27)26-17-5-4-15(22)9-16(17)23/h2-9H,1H3,(H,26,27)/b14-8+. The molecule has 0 atom stereocenters. The zero-order valence-electron chi connectivity index (χ0n) is 14.1. The fourth-order valence-electron chi connectivity index (χ4n) is 2.46. The van der Waals surface area contributed by atoms with Gasteiger partial charge in [-0.3, -0.25) is 4.79 Å². The van der Waals surface area contributed by atoms with Gasteiger partial charge in [0.05, 0.1) is 11.2 Å². The van der Waals surface area contributed by atoms with Gasteiger partial charge in [0, 0.05) is 17.0 Å². The van der Waals surface area contributed by atoms with Gasteiger partial charge in [-0.05, 0) is 42.8 Å². The number of hydrogen-bond acceptors (Lipinski definition) is 3. The summed E-state index contributed by atoms with van der Waals surface area (Å²) in [7, 11) is 0. The van der Waals surface area contributed by atoms with Gasteiger partial charge in [-0.2, -0.15) is 5.26 Å². The predicted molar refractivity (Wildman–Crippen MR) is 100 cm³/mol. The van der Waals surface area contributed by atoms with Crippen molar-refractivity contribution in [2.75, 3.05) is 5.32 Å². The van der Waals surface area contributed by atoms with E-state index in [9.17, 15) is 18.8 Å². The number of aromatic nitrogens is 1. The highest BCUT2D eigenvalue weighted by atomic mass is 35.5. The van der Waals surface area contributed by atoms with Gasteiger partial charge in [-0.25, -0.2) is 13.8 Å². The summed E-state index contributed by atoms with van der Waals surface area (Å²) < 4.78 is 26.6. The molecule has 1 amide bonds. The Morgan fingerprint density at radius 2 is 2.00 bits per heavy atom. The minimum atomic E-state index is -0.943. The Bertz CT molecular complexity index is 1140. The number of nitrogens with zero attached hydrogens (tertiary/aromatic N) is 2. The highest BCUT2D eigenvalue weighted by Gasteiger charge is 2.14. The van der Waals surface area contributed by atoms with Gasteiger partial charge in [0.1, 0.15) is 28.4 Å². The fraction of sp³-hybridized carbons (Fsp3) is 0.0500. The van der Waals surface area contributed by atoms with E-state index in [0.717, 1.165) is 23.1 Å². The second-order valence-electron chi connectivity index (χ2n) is 5.81. The molecule has 3 aromatic rings. The Morgan fingerprint density at radius 1 is 1.22 bits per heavy atom. The molecule has 0 fully saturated rings. The molecule has 0 aliphatic heterocycles. The van der Waals surface area contributed by atoms with Crippen molar-refractivity contribution in [3.8, 4) is 6.07 Å². The van der Waals surface area contributed by atoms with Crippen LogP contribution in [0, 0.1) is 29.9 Å². The molecule has 0 bridgehead atoms. The molecule has 1 N–H and O–H groups in total. The molecular formula is C20H12ClF2N3O. The van der Waals surface area contributed by atoms with Crippen molar-refractivity contribution in [2.24, 2.45) is 0 Å². The lowest BCUT2D eigenvalue weighted by Gasteiger charge is -2.07. The van der Waals surface area contributed by atoms with Crippen LogP contribution < -0.4 is 5.32 Å². The number of aryl methyl sites for hydroxylation is 1. The maximum absolute atomic E-state index is 13.7. The van der Waals surface area contributed by atoms with Crippen LogP contribution in [0.1, 0.15) is 11.1 Å². The molecule has 1 aromatic heterocycles. The number of pyridine rings is 1. The van der Waals surface area contributed by atoms with E-state index in [4.69, 9.17) is 11.6 Å². The number of fused-ring (bicyclic) bond motifs is 1. The molecule has 4 nitrogen and oxygen atoms in total. The van der Waals surface area contributed by atoms with E-state index >= 15 is 0 Å². The molecule has 134 valence electrons. The lowest BCUT2D eigenvalue weighted by Crippen LogP contribution is -2.14. The number of hydrogen-bond donors (Lipinski definition) is 1. The first kappa shape index (κ1) is 18.5. The third-order valence-electron chi connectivity index (χ3n) is 3.80. The van der Waals surface area contributed by atoms with E-state index in [-0.39, 0.29) is 16.4 Å². The van der Waals surface area contributed by atoms with Crippen molar-refractivity contribution in [1.29, 1.82) is 5.26 Å². The average Bonchev–Trinajstić information content (AvgIpc) is 2.62. The van der Waals surface area contributed by atoms with Crippen LogP contribution in [0.5, 0.6) is 0 Å². The van der Waals surface area contributed by atoms with Crippen LogP contribution in [0.25, 0.3) is 17.0 Å². The molecule has 0 unspecified atom stereocenters. The van der Waals surface area contributed by atoms with Gasteiger partial charge >= 0.3 is 0 Å². The summed E-state index contributed by atoms with van der Waals surface area (Å²) in [6.45, 7) is 1.93. The normalized spacial score (nSPS) is 11.3. The van der Waals surface area contributed by atoms with Crippen LogP contribution in [0.4, 0.5) is 14.5 Å². The molecular weight excluding hydrogens is 372 g/mol. The highest BCUT2D eigenvalue weighted by Crippen LogP contribution is 2.24. The number of carbonyl (C=O) groups is 1. The molecule has 0 aliphatic rings. The lowest BCUT2D eigenvalue weighted by molar-refractivity contribution is -0.112. The molecule has 0 saturated carbocycles. The summed E-state index contributed by atoms with van der Waals surface area (Å²) >= 11 is 6.17. The highest BCUT2D eigenvalue weighted by molar-refractivity contribution is 6.31. The smallest absolute Gasteiger partial charge is 0.266 e. The van der Waals surface area contributed by atoms with Crippen molar-refractivity contribution in [3.05, 3.63) is 76.0 Å². The first-order valence-electron chi connectivity index (χ1n) is 7.82. The Morgan fingerprint density at radius 3 is 2.70 bits per heavy atom. The number of anilines is 1. The summed E-state index contributed by atoms with van der Waals surface area (Å²) in [6.07, 6.45) is 1.27. The first-order valence-corrected chi connectivity index (χ1v) is 8.20. The van der Waals surface area contributed by atoms with Gasteiger partial charge in [-0.15, -0.1) is 0 Å². The maximum atomic E-state index is 13.7. The number of nitrogens with one attached hydrogen (secondary N) is 1. The van der Waals surface area contributed by atoms with E-state index in [1.807, 2.05) is 25.1 Å². The first-order chi connectivity index (χ1) is 12.9. The van der Waals surface area contributed by atoms with E-state index in [2.05, 4.69) is 10.3 Å². The van der Waals surface area contributed by atoms with Crippen molar-refractivity contribution in [1.82, 2.24) is 4.98 Å². The lowest BCUT2D eigenvalue weighted by atomic mass is 10.1. The molecule has 0 saturated heterocycles. The van der Waals surface area contributed by atoms with Crippen LogP contribution >= 0.6 is 11.6 Å². The van der Waals surface area contributed by atoms with Crippen LogP contribution in [0.3, 0.4) is 0 Å². The molecule has 2 aromatic carbocycles. The summed E-state index contributed by atoms with van der Waals surface area (Å²) in [5.41, 5.74) is 1.55. The third-order valence-corrected chi connectivity index (χ3v) is 4.10. The number of nitriles is 1. The third kappa shape index (κ3) is 4.10. The molecule has 7 heteroatoms. The molecule has 27 heavy (non-hydrogen) atoms. The van der Waals surface area contributed by atoms with Crippen molar-refractivity contribution < 1.29 is 13.6 Å². The fourth-order valence-corrected chi connectivity index (χ4v) is 2.66. The van der Waals surface area contributed by atoms with Crippen LogP contribution in [-0.4, -0.2) is 10.9 Å². The Balaban J connectivity index is 1.95. The second kappa shape index (κ2) is 7.52. The number of amides is 1. The minimum absolute atomic E-state index is 0.126. The molecule has 1 heterocycles.